The molecular formula is H6Na2O9P2S. The van der Waals surface area contributed by atoms with E-state index in [0.717, 1.165) is 0 Å². The van der Waals surface area contributed by atoms with Gasteiger partial charge in [0.1, 0.15) is 0 Å². The number of phosphoric acid groups is 2. The van der Waals surface area contributed by atoms with Crippen molar-refractivity contribution in [2.24, 2.45) is 0 Å². The molecule has 0 aliphatic heterocycles. The van der Waals surface area contributed by atoms with Crippen molar-refractivity contribution in [3.05, 3.63) is 0 Å². The Bertz CT molecular complexity index is 277. The summed E-state index contributed by atoms with van der Waals surface area (Å²) in [7, 11) is -10.4. The SMILES string of the molecule is O=S(O)OP(=O)(O)OP(=O)(O)O.[H-].[H-].[Na+].[Na+]. The van der Waals surface area contributed by atoms with Crippen LogP contribution < -0.4 is 59.1 Å². The zero-order valence-electron chi connectivity index (χ0n) is 9.13. The molecule has 0 amide bonds. The Morgan fingerprint density at radius 1 is 1.14 bits per heavy atom. The Balaban J connectivity index is -0.000000101. The van der Waals surface area contributed by atoms with Crippen molar-refractivity contribution in [3.8, 4) is 0 Å². The molecule has 2 unspecified atom stereocenters. The topological polar surface area (TPSA) is 151 Å². The number of hydrogen-bond acceptors (Lipinski definition) is 5. The summed E-state index contributed by atoms with van der Waals surface area (Å²) in [4.78, 5) is 24.2. The molecular weight excluding hydrogens is 284 g/mol. The van der Waals surface area contributed by atoms with Crippen LogP contribution in [0.5, 0.6) is 0 Å². The summed E-state index contributed by atoms with van der Waals surface area (Å²) < 4.78 is 44.2. The van der Waals surface area contributed by atoms with Gasteiger partial charge in [-0.05, 0) is 0 Å². The molecule has 0 bridgehead atoms. The van der Waals surface area contributed by atoms with Gasteiger partial charge in [-0.2, -0.15) is 12.5 Å². The smallest absolute Gasteiger partial charge is 1.00 e. The summed E-state index contributed by atoms with van der Waals surface area (Å²) in [5.74, 6) is 0. The molecule has 78 valence electrons. The Labute approximate surface area is 128 Å². The molecule has 0 aromatic carbocycles. The van der Waals surface area contributed by atoms with Crippen molar-refractivity contribution in [2.45, 2.75) is 0 Å². The molecule has 0 aliphatic rings. The molecule has 0 aromatic heterocycles. The van der Waals surface area contributed by atoms with Crippen LogP contribution >= 0.6 is 15.6 Å². The zero-order chi connectivity index (χ0) is 9.99. The van der Waals surface area contributed by atoms with Gasteiger partial charge in [0, 0.05) is 0 Å². The van der Waals surface area contributed by atoms with Gasteiger partial charge in [-0.1, -0.05) is 0 Å². The first-order valence-corrected chi connectivity index (χ1v) is 6.09. The molecule has 9 nitrogen and oxygen atoms in total. The molecule has 2 atom stereocenters. The third kappa shape index (κ3) is 14.4. The predicted octanol–water partition coefficient (Wildman–Crippen LogP) is -6.42. The molecule has 0 heterocycles. The zero-order valence-corrected chi connectivity index (χ0v) is 13.7. The van der Waals surface area contributed by atoms with Crippen LogP contribution in [0.15, 0.2) is 0 Å². The standard InChI is InChI=1S/2Na.H4O9P2S.2H/c;;1-10(2,3)8-11(4,5)9-12(6)7;;/h;;(H,4,5)(H,6,7)(H2,1,2,3);;/q2*+1;;2*-1. The first kappa shape index (κ1) is 21.6. The summed E-state index contributed by atoms with van der Waals surface area (Å²) in [6, 6.07) is 0. The van der Waals surface area contributed by atoms with Crippen LogP contribution in [0.4, 0.5) is 0 Å². The molecule has 4 N–H and O–H groups in total. The normalized spacial score (nSPS) is 17.1. The minimum Gasteiger partial charge on any atom is -1.00 e. The van der Waals surface area contributed by atoms with Gasteiger partial charge in [0.15, 0.2) is 0 Å². The van der Waals surface area contributed by atoms with Gasteiger partial charge in [-0.3, -0.25) is 4.55 Å². The minimum atomic E-state index is -5.23. The molecule has 0 radical (unpaired) electrons. The fraction of sp³-hybridized carbons (Fsp3) is 0. The summed E-state index contributed by atoms with van der Waals surface area (Å²) in [6.07, 6.45) is 0. The van der Waals surface area contributed by atoms with Crippen molar-refractivity contribution in [1.82, 2.24) is 0 Å². The molecule has 0 fully saturated rings. The maximum atomic E-state index is 10.3. The molecule has 0 spiro atoms. The summed E-state index contributed by atoms with van der Waals surface area (Å²) in [6.45, 7) is 0. The summed E-state index contributed by atoms with van der Waals surface area (Å²) in [5, 5.41) is 0. The van der Waals surface area contributed by atoms with Crippen molar-refractivity contribution in [3.63, 3.8) is 0 Å². The molecule has 14 heavy (non-hydrogen) atoms. The van der Waals surface area contributed by atoms with Crippen molar-refractivity contribution >= 4 is 27.0 Å². The largest absolute Gasteiger partial charge is 1.00 e. The fourth-order valence-corrected chi connectivity index (χ4v) is 2.30. The predicted molar refractivity (Wildman–Crippen MR) is 37.0 cm³/mol. The summed E-state index contributed by atoms with van der Waals surface area (Å²) in [5.41, 5.74) is 0. The van der Waals surface area contributed by atoms with Crippen LogP contribution in [-0.4, -0.2) is 23.4 Å². The second-order valence-corrected chi connectivity index (χ2v) is 4.93. The van der Waals surface area contributed by atoms with Gasteiger partial charge < -0.3 is 17.5 Å². The average molecular weight is 290 g/mol. The average Bonchev–Trinajstić information content (AvgIpc) is 1.48. The van der Waals surface area contributed by atoms with E-state index in [-0.39, 0.29) is 62.0 Å². The Kier molecular flexibility index (Phi) is 13.1. The van der Waals surface area contributed by atoms with E-state index in [1.165, 1.54) is 0 Å². The van der Waals surface area contributed by atoms with Gasteiger partial charge in [0.2, 0.25) is 0 Å². The molecule has 0 aromatic rings. The van der Waals surface area contributed by atoms with E-state index in [1.807, 2.05) is 0 Å². The van der Waals surface area contributed by atoms with E-state index in [9.17, 15) is 13.3 Å². The van der Waals surface area contributed by atoms with Gasteiger partial charge >= 0.3 is 86.1 Å². The van der Waals surface area contributed by atoms with Gasteiger partial charge in [0.05, 0.1) is 0 Å². The summed E-state index contributed by atoms with van der Waals surface area (Å²) >= 11 is -3.15. The van der Waals surface area contributed by atoms with Gasteiger partial charge in [0.25, 0.3) is 0 Å². The number of rotatable bonds is 4. The van der Waals surface area contributed by atoms with E-state index in [1.54, 1.807) is 0 Å². The maximum absolute atomic E-state index is 10.3. The van der Waals surface area contributed by atoms with Crippen LogP contribution in [0.25, 0.3) is 0 Å². The Morgan fingerprint density at radius 3 is 1.71 bits per heavy atom. The second kappa shape index (κ2) is 8.46. The quantitative estimate of drug-likeness (QED) is 0.225. The number of hydrogen-bond donors (Lipinski definition) is 4. The Hall–Kier alpha value is 2.37. The molecule has 0 saturated heterocycles. The fourth-order valence-electron chi connectivity index (χ4n) is 0.229. The first-order chi connectivity index (χ1) is 5.12. The molecule has 14 heteroatoms. The van der Waals surface area contributed by atoms with Crippen LogP contribution in [-0.2, 0) is 28.8 Å². The monoisotopic (exact) mass is 290 g/mol. The Morgan fingerprint density at radius 2 is 1.50 bits per heavy atom. The molecule has 0 saturated carbocycles. The molecule has 0 aliphatic carbocycles. The van der Waals surface area contributed by atoms with E-state index >= 15 is 0 Å². The first-order valence-electron chi connectivity index (χ1n) is 2.03. The van der Waals surface area contributed by atoms with Gasteiger partial charge in [-0.25, -0.2) is 9.13 Å². The van der Waals surface area contributed by atoms with Crippen LogP contribution in [0.3, 0.4) is 0 Å². The minimum absolute atomic E-state index is 0. The van der Waals surface area contributed by atoms with E-state index < -0.39 is 27.0 Å². The van der Waals surface area contributed by atoms with Crippen LogP contribution in [0.1, 0.15) is 2.85 Å². The van der Waals surface area contributed by atoms with Crippen molar-refractivity contribution in [1.29, 1.82) is 0 Å². The van der Waals surface area contributed by atoms with Crippen LogP contribution in [0, 0.1) is 0 Å². The van der Waals surface area contributed by atoms with E-state index in [0.29, 0.717) is 0 Å². The van der Waals surface area contributed by atoms with Gasteiger partial charge in [-0.15, -0.1) is 0 Å². The van der Waals surface area contributed by atoms with Crippen molar-refractivity contribution < 1.29 is 103 Å². The van der Waals surface area contributed by atoms with E-state index in [2.05, 4.69) is 8.28 Å². The second-order valence-electron chi connectivity index (χ2n) is 1.33. The maximum Gasteiger partial charge on any atom is 1.00 e. The van der Waals surface area contributed by atoms with Crippen molar-refractivity contribution in [2.75, 3.05) is 0 Å². The van der Waals surface area contributed by atoms with E-state index in [4.69, 9.17) is 19.2 Å². The molecule has 0 rings (SSSR count). The van der Waals surface area contributed by atoms with Crippen LogP contribution in [0.2, 0.25) is 0 Å². The third-order valence-electron chi connectivity index (χ3n) is 0.367. The third-order valence-corrected chi connectivity index (χ3v) is 3.31.